The van der Waals surface area contributed by atoms with Gasteiger partial charge in [-0.05, 0) is 43.4 Å². The first-order chi connectivity index (χ1) is 9.47. The van der Waals surface area contributed by atoms with E-state index in [0.717, 1.165) is 16.7 Å². The van der Waals surface area contributed by atoms with Crippen molar-refractivity contribution in [3.63, 3.8) is 0 Å². The molecule has 0 aliphatic heterocycles. The molecule has 1 aromatic carbocycles. The van der Waals surface area contributed by atoms with Gasteiger partial charge in [0.2, 0.25) is 0 Å². The molecule has 0 saturated heterocycles. The molecule has 0 atom stereocenters. The van der Waals surface area contributed by atoms with Gasteiger partial charge in [0, 0.05) is 10.6 Å². The molecular formula is C14H12ClN3OS. The lowest BCUT2D eigenvalue weighted by atomic mass is 10.0. The van der Waals surface area contributed by atoms with Crippen LogP contribution in [0, 0.1) is 25.2 Å². The lowest BCUT2D eigenvalue weighted by Crippen LogP contribution is -2.14. The number of aromatic amines is 1. The smallest absolute Gasteiger partial charge is 0.270 e. The Labute approximate surface area is 125 Å². The number of rotatable bonds is 2. The fraction of sp³-hybridized carbons (Fsp3) is 0.214. The lowest BCUT2D eigenvalue weighted by Gasteiger charge is -2.09. The van der Waals surface area contributed by atoms with Gasteiger partial charge in [0.25, 0.3) is 5.56 Å². The maximum Gasteiger partial charge on any atom is 0.270 e. The second-order valence-corrected chi connectivity index (χ2v) is 5.51. The molecule has 1 N–H and O–H groups in total. The standard InChI is InChI=1S/C14H12ClN3OS/c1-7-4-9(5-8(2)11(7)15)12-10(6-16)13(19)18-14(17-12)20-3/h4-5H,1-3H3,(H,17,18,19). The van der Waals surface area contributed by atoms with Crippen molar-refractivity contribution in [3.8, 4) is 17.3 Å². The molecule has 0 saturated carbocycles. The van der Waals surface area contributed by atoms with Gasteiger partial charge in [0.15, 0.2) is 5.16 Å². The summed E-state index contributed by atoms with van der Waals surface area (Å²) in [5.74, 6) is 0. The summed E-state index contributed by atoms with van der Waals surface area (Å²) in [5, 5.41) is 10.3. The monoisotopic (exact) mass is 305 g/mol. The van der Waals surface area contributed by atoms with Gasteiger partial charge in [-0.3, -0.25) is 4.79 Å². The number of nitriles is 1. The number of aromatic nitrogens is 2. The molecule has 1 heterocycles. The largest absolute Gasteiger partial charge is 0.300 e. The van der Waals surface area contributed by atoms with Gasteiger partial charge in [-0.15, -0.1) is 0 Å². The Kier molecular flexibility index (Phi) is 4.17. The summed E-state index contributed by atoms with van der Waals surface area (Å²) in [6, 6.07) is 5.59. The maximum absolute atomic E-state index is 11.9. The first-order valence-electron chi connectivity index (χ1n) is 5.83. The van der Waals surface area contributed by atoms with Crippen molar-refractivity contribution in [2.45, 2.75) is 19.0 Å². The van der Waals surface area contributed by atoms with E-state index in [1.54, 1.807) is 0 Å². The fourth-order valence-corrected chi connectivity index (χ4v) is 2.43. The van der Waals surface area contributed by atoms with Gasteiger partial charge in [-0.25, -0.2) is 4.98 Å². The summed E-state index contributed by atoms with van der Waals surface area (Å²) < 4.78 is 0. The Hall–Kier alpha value is -1.77. The third kappa shape index (κ3) is 2.58. The Morgan fingerprint density at radius 2 is 1.95 bits per heavy atom. The molecule has 0 unspecified atom stereocenters. The van der Waals surface area contributed by atoms with Crippen LogP contribution in [0.5, 0.6) is 0 Å². The summed E-state index contributed by atoms with van der Waals surface area (Å²) in [7, 11) is 0. The normalized spacial score (nSPS) is 10.3. The molecule has 0 aliphatic carbocycles. The zero-order valence-electron chi connectivity index (χ0n) is 11.2. The number of hydrogen-bond donors (Lipinski definition) is 1. The number of benzene rings is 1. The third-order valence-corrected chi connectivity index (χ3v) is 4.09. The Morgan fingerprint density at radius 3 is 2.45 bits per heavy atom. The predicted octanol–water partition coefficient (Wildman–Crippen LogP) is 3.30. The second kappa shape index (κ2) is 5.70. The van der Waals surface area contributed by atoms with Crippen LogP contribution in [0.25, 0.3) is 11.3 Å². The van der Waals surface area contributed by atoms with Gasteiger partial charge < -0.3 is 4.98 Å². The minimum absolute atomic E-state index is 0.0175. The molecule has 2 rings (SSSR count). The van der Waals surface area contributed by atoms with E-state index in [9.17, 15) is 10.1 Å². The zero-order chi connectivity index (χ0) is 14.9. The number of halogens is 1. The van der Waals surface area contributed by atoms with Gasteiger partial charge >= 0.3 is 0 Å². The predicted molar refractivity (Wildman–Crippen MR) is 81.3 cm³/mol. The van der Waals surface area contributed by atoms with Gasteiger partial charge in [0.05, 0.1) is 5.69 Å². The van der Waals surface area contributed by atoms with Crippen LogP contribution in [0.4, 0.5) is 0 Å². The molecule has 0 bridgehead atoms. The molecule has 20 heavy (non-hydrogen) atoms. The van der Waals surface area contributed by atoms with Crippen molar-refractivity contribution in [2.24, 2.45) is 0 Å². The molecule has 0 radical (unpaired) electrons. The quantitative estimate of drug-likeness (QED) is 0.682. The van der Waals surface area contributed by atoms with E-state index >= 15 is 0 Å². The van der Waals surface area contributed by atoms with Crippen molar-refractivity contribution < 1.29 is 0 Å². The van der Waals surface area contributed by atoms with E-state index in [1.165, 1.54) is 11.8 Å². The first-order valence-corrected chi connectivity index (χ1v) is 7.43. The summed E-state index contributed by atoms with van der Waals surface area (Å²) in [6.45, 7) is 3.76. The van der Waals surface area contributed by atoms with Crippen LogP contribution in [0.15, 0.2) is 22.1 Å². The minimum Gasteiger partial charge on any atom is -0.300 e. The number of thioether (sulfide) groups is 1. The molecule has 4 nitrogen and oxygen atoms in total. The van der Waals surface area contributed by atoms with E-state index in [4.69, 9.17) is 11.6 Å². The third-order valence-electron chi connectivity index (χ3n) is 2.91. The Morgan fingerprint density at radius 1 is 1.35 bits per heavy atom. The summed E-state index contributed by atoms with van der Waals surface area (Å²) in [4.78, 5) is 18.8. The van der Waals surface area contributed by atoms with Crippen molar-refractivity contribution in [1.29, 1.82) is 5.26 Å². The Bertz CT molecular complexity index is 754. The van der Waals surface area contributed by atoms with E-state index in [2.05, 4.69) is 9.97 Å². The zero-order valence-corrected chi connectivity index (χ0v) is 12.8. The molecule has 0 aliphatic rings. The van der Waals surface area contributed by atoms with E-state index in [-0.39, 0.29) is 5.56 Å². The molecule has 102 valence electrons. The van der Waals surface area contributed by atoms with Crippen molar-refractivity contribution in [2.75, 3.05) is 6.26 Å². The molecule has 6 heteroatoms. The van der Waals surface area contributed by atoms with E-state index in [0.29, 0.717) is 15.9 Å². The summed E-state index contributed by atoms with van der Waals surface area (Å²) in [6.07, 6.45) is 1.81. The van der Waals surface area contributed by atoms with Crippen molar-refractivity contribution >= 4 is 23.4 Å². The molecule has 0 spiro atoms. The number of aryl methyl sites for hydroxylation is 2. The van der Waals surface area contributed by atoms with Crippen LogP contribution in [-0.2, 0) is 0 Å². The van der Waals surface area contributed by atoms with Gasteiger partial charge in [-0.1, -0.05) is 23.4 Å². The summed E-state index contributed by atoms with van der Waals surface area (Å²) >= 11 is 7.46. The highest BCUT2D eigenvalue weighted by molar-refractivity contribution is 7.98. The number of nitrogens with one attached hydrogen (secondary N) is 1. The van der Waals surface area contributed by atoms with Gasteiger partial charge in [0.1, 0.15) is 11.6 Å². The number of H-pyrrole nitrogens is 1. The van der Waals surface area contributed by atoms with Crippen LogP contribution in [-0.4, -0.2) is 16.2 Å². The SMILES string of the molecule is CSc1nc(-c2cc(C)c(Cl)c(C)c2)c(C#N)c(=O)[nH]1. The van der Waals surface area contributed by atoms with Crippen molar-refractivity contribution in [1.82, 2.24) is 9.97 Å². The maximum atomic E-state index is 11.9. The lowest BCUT2D eigenvalue weighted by molar-refractivity contribution is 0.937. The van der Waals surface area contributed by atoms with E-state index in [1.807, 2.05) is 38.3 Å². The van der Waals surface area contributed by atoms with Crippen LogP contribution in [0.1, 0.15) is 16.7 Å². The molecule has 1 aromatic heterocycles. The average Bonchev–Trinajstić information content (AvgIpc) is 2.43. The average molecular weight is 306 g/mol. The Balaban J connectivity index is 2.78. The summed E-state index contributed by atoms with van der Waals surface area (Å²) in [5.41, 5.74) is 2.48. The van der Waals surface area contributed by atoms with Crippen molar-refractivity contribution in [3.05, 3.63) is 44.2 Å². The minimum atomic E-state index is -0.424. The van der Waals surface area contributed by atoms with E-state index < -0.39 is 5.56 Å². The second-order valence-electron chi connectivity index (χ2n) is 4.33. The van der Waals surface area contributed by atoms with Crippen LogP contribution < -0.4 is 5.56 Å². The first kappa shape index (κ1) is 14.6. The van der Waals surface area contributed by atoms with Crippen LogP contribution in [0.2, 0.25) is 5.02 Å². The topological polar surface area (TPSA) is 69.5 Å². The highest BCUT2D eigenvalue weighted by Crippen LogP contribution is 2.28. The number of hydrogen-bond acceptors (Lipinski definition) is 4. The highest BCUT2D eigenvalue weighted by atomic mass is 35.5. The van der Waals surface area contributed by atoms with Gasteiger partial charge in [-0.2, -0.15) is 5.26 Å². The molecule has 0 amide bonds. The molecule has 2 aromatic rings. The highest BCUT2D eigenvalue weighted by Gasteiger charge is 2.14. The van der Waals surface area contributed by atoms with Crippen LogP contribution >= 0.6 is 23.4 Å². The molecular weight excluding hydrogens is 294 g/mol. The molecule has 0 fully saturated rings. The van der Waals surface area contributed by atoms with Crippen LogP contribution in [0.3, 0.4) is 0 Å². The fourth-order valence-electron chi connectivity index (χ4n) is 1.94. The number of nitrogens with zero attached hydrogens (tertiary/aromatic N) is 2.